The molecule has 146 valence electrons. The van der Waals surface area contributed by atoms with Crippen LogP contribution in [0.3, 0.4) is 0 Å². The van der Waals surface area contributed by atoms with Crippen LogP contribution in [-0.4, -0.2) is 20.6 Å². The molecule has 2 heterocycles. The third-order valence-electron chi connectivity index (χ3n) is 4.55. The van der Waals surface area contributed by atoms with E-state index >= 15 is 0 Å². The molecular weight excluding hydrogens is 392 g/mol. The van der Waals surface area contributed by atoms with E-state index in [2.05, 4.69) is 15.5 Å². The fraction of sp³-hybridized carbons (Fsp3) is 0.143. The molecule has 0 aliphatic heterocycles. The van der Waals surface area contributed by atoms with Gasteiger partial charge in [0, 0.05) is 29.2 Å². The molecule has 0 spiro atoms. The van der Waals surface area contributed by atoms with Crippen LogP contribution in [0.25, 0.3) is 22.4 Å². The van der Waals surface area contributed by atoms with E-state index in [1.807, 2.05) is 43.3 Å². The number of anilines is 1. The van der Waals surface area contributed by atoms with Crippen LogP contribution in [0, 0.1) is 6.92 Å². The third-order valence-corrected chi connectivity index (χ3v) is 4.95. The molecule has 0 bridgehead atoms. The number of benzene rings is 2. The molecule has 0 saturated heterocycles. The van der Waals surface area contributed by atoms with Gasteiger partial charge in [-0.1, -0.05) is 53.2 Å². The average molecular weight is 409 g/mol. The van der Waals surface area contributed by atoms with Gasteiger partial charge in [-0.3, -0.25) is 14.2 Å². The average Bonchev–Trinajstić information content (AvgIpc) is 3.16. The lowest BCUT2D eigenvalue weighted by Gasteiger charge is -2.08. The lowest BCUT2D eigenvalue weighted by molar-refractivity contribution is -0.116. The highest BCUT2D eigenvalue weighted by Crippen LogP contribution is 2.24. The van der Waals surface area contributed by atoms with Crippen molar-refractivity contribution in [3.8, 4) is 11.3 Å². The highest BCUT2D eigenvalue weighted by atomic mass is 35.5. The lowest BCUT2D eigenvalue weighted by Crippen LogP contribution is -2.23. The fourth-order valence-electron chi connectivity index (χ4n) is 2.95. The van der Waals surface area contributed by atoms with Crippen molar-refractivity contribution in [1.82, 2.24) is 14.7 Å². The van der Waals surface area contributed by atoms with E-state index in [1.165, 1.54) is 10.9 Å². The number of rotatable bonds is 5. The van der Waals surface area contributed by atoms with Crippen LogP contribution < -0.4 is 10.9 Å². The first-order valence-corrected chi connectivity index (χ1v) is 9.37. The Bertz CT molecular complexity index is 1250. The summed E-state index contributed by atoms with van der Waals surface area (Å²) in [5.41, 5.74) is 2.60. The van der Waals surface area contributed by atoms with E-state index in [0.29, 0.717) is 21.8 Å². The van der Waals surface area contributed by atoms with Crippen molar-refractivity contribution in [2.24, 2.45) is 0 Å². The third kappa shape index (κ3) is 3.90. The highest BCUT2D eigenvalue weighted by molar-refractivity contribution is 6.31. The first kappa shape index (κ1) is 18.9. The predicted molar refractivity (Wildman–Crippen MR) is 111 cm³/mol. The Labute approximate surface area is 170 Å². The number of aromatic nitrogens is 3. The van der Waals surface area contributed by atoms with Crippen LogP contribution >= 0.6 is 11.6 Å². The standard InChI is InChI=1S/C21H17ClN4O3/c1-13-7-8-15(11-16(13)22)24-17(27)9-10-26-12-23-20-18(21(26)28)19(25-29-20)14-5-3-2-4-6-14/h2-8,11-12H,9-10H2,1H3,(H,24,27). The molecule has 1 amide bonds. The van der Waals surface area contributed by atoms with Crippen molar-refractivity contribution in [2.45, 2.75) is 19.9 Å². The number of hydrogen-bond donors (Lipinski definition) is 1. The van der Waals surface area contributed by atoms with Crippen LogP contribution in [0.2, 0.25) is 5.02 Å². The second-order valence-electron chi connectivity index (χ2n) is 6.58. The van der Waals surface area contributed by atoms with E-state index in [-0.39, 0.29) is 30.1 Å². The van der Waals surface area contributed by atoms with E-state index < -0.39 is 0 Å². The molecule has 2 aromatic carbocycles. The molecule has 2 aromatic heterocycles. The van der Waals surface area contributed by atoms with Crippen LogP contribution in [-0.2, 0) is 11.3 Å². The number of fused-ring (bicyclic) bond motifs is 1. The van der Waals surface area contributed by atoms with Crippen molar-refractivity contribution >= 4 is 34.3 Å². The number of carbonyl (C=O) groups excluding carboxylic acids is 1. The minimum absolute atomic E-state index is 0.102. The fourth-order valence-corrected chi connectivity index (χ4v) is 3.13. The van der Waals surface area contributed by atoms with E-state index in [0.717, 1.165) is 11.1 Å². The van der Waals surface area contributed by atoms with Gasteiger partial charge in [-0.25, -0.2) is 4.98 Å². The van der Waals surface area contributed by atoms with Gasteiger partial charge in [-0.05, 0) is 24.6 Å². The number of halogens is 1. The molecular formula is C21H17ClN4O3. The van der Waals surface area contributed by atoms with Gasteiger partial charge < -0.3 is 9.84 Å². The molecule has 29 heavy (non-hydrogen) atoms. The summed E-state index contributed by atoms with van der Waals surface area (Å²) in [4.78, 5) is 29.3. The zero-order chi connectivity index (χ0) is 20.4. The normalized spacial score (nSPS) is 11.0. The van der Waals surface area contributed by atoms with Crippen molar-refractivity contribution in [2.75, 3.05) is 5.32 Å². The van der Waals surface area contributed by atoms with Gasteiger partial charge in [0.2, 0.25) is 5.91 Å². The van der Waals surface area contributed by atoms with Gasteiger partial charge in [-0.2, -0.15) is 0 Å². The zero-order valence-corrected chi connectivity index (χ0v) is 16.3. The summed E-state index contributed by atoms with van der Waals surface area (Å²) >= 11 is 6.08. The monoisotopic (exact) mass is 408 g/mol. The lowest BCUT2D eigenvalue weighted by atomic mass is 10.1. The largest absolute Gasteiger partial charge is 0.335 e. The number of aryl methyl sites for hydroxylation is 2. The molecule has 0 aliphatic rings. The zero-order valence-electron chi connectivity index (χ0n) is 15.6. The van der Waals surface area contributed by atoms with E-state index in [9.17, 15) is 9.59 Å². The van der Waals surface area contributed by atoms with Gasteiger partial charge in [0.15, 0.2) is 0 Å². The van der Waals surface area contributed by atoms with Gasteiger partial charge in [0.25, 0.3) is 11.3 Å². The number of carbonyl (C=O) groups is 1. The maximum Gasteiger partial charge on any atom is 0.266 e. The topological polar surface area (TPSA) is 90.0 Å². The molecule has 0 atom stereocenters. The van der Waals surface area contributed by atoms with Crippen molar-refractivity contribution < 1.29 is 9.32 Å². The van der Waals surface area contributed by atoms with Gasteiger partial charge >= 0.3 is 0 Å². The Balaban J connectivity index is 1.54. The summed E-state index contributed by atoms with van der Waals surface area (Å²) in [6.07, 6.45) is 1.46. The first-order chi connectivity index (χ1) is 14.0. The predicted octanol–water partition coefficient (Wildman–Crippen LogP) is 4.04. The maximum atomic E-state index is 12.9. The van der Waals surface area contributed by atoms with Gasteiger partial charge in [-0.15, -0.1) is 0 Å². The SMILES string of the molecule is Cc1ccc(NC(=O)CCn2cnc3onc(-c4ccccc4)c3c2=O)cc1Cl. The molecule has 0 unspecified atom stereocenters. The first-order valence-electron chi connectivity index (χ1n) is 8.99. The number of hydrogen-bond acceptors (Lipinski definition) is 5. The van der Waals surface area contributed by atoms with Gasteiger partial charge in [0.05, 0.1) is 0 Å². The summed E-state index contributed by atoms with van der Waals surface area (Å²) in [7, 11) is 0. The second kappa shape index (κ2) is 7.89. The summed E-state index contributed by atoms with van der Waals surface area (Å²) in [5.74, 6) is -0.231. The Kier molecular flexibility index (Phi) is 5.14. The van der Waals surface area contributed by atoms with Crippen LogP contribution in [0.5, 0.6) is 0 Å². The summed E-state index contributed by atoms with van der Waals surface area (Å²) in [6, 6.07) is 14.6. The minimum atomic E-state index is -0.304. The molecule has 0 radical (unpaired) electrons. The van der Waals surface area contributed by atoms with E-state index in [1.54, 1.807) is 12.1 Å². The molecule has 0 saturated carbocycles. The minimum Gasteiger partial charge on any atom is -0.335 e. The van der Waals surface area contributed by atoms with Crippen LogP contribution in [0.15, 0.2) is 64.2 Å². The highest BCUT2D eigenvalue weighted by Gasteiger charge is 2.17. The van der Waals surface area contributed by atoms with Crippen molar-refractivity contribution in [3.05, 3.63) is 75.8 Å². The van der Waals surface area contributed by atoms with Crippen LogP contribution in [0.1, 0.15) is 12.0 Å². The Morgan fingerprint density at radius 2 is 2.00 bits per heavy atom. The number of nitrogens with one attached hydrogen (secondary N) is 1. The van der Waals surface area contributed by atoms with E-state index in [4.69, 9.17) is 16.1 Å². The molecule has 4 rings (SSSR count). The molecule has 7 nitrogen and oxygen atoms in total. The molecule has 0 aliphatic carbocycles. The summed E-state index contributed by atoms with van der Waals surface area (Å²) in [6.45, 7) is 2.06. The molecule has 0 fully saturated rings. The molecule has 8 heteroatoms. The number of nitrogens with zero attached hydrogens (tertiary/aromatic N) is 3. The van der Waals surface area contributed by atoms with Crippen molar-refractivity contribution in [1.29, 1.82) is 0 Å². The Hall–Kier alpha value is -3.45. The Morgan fingerprint density at radius 1 is 1.21 bits per heavy atom. The van der Waals surface area contributed by atoms with Crippen LogP contribution in [0.4, 0.5) is 5.69 Å². The second-order valence-corrected chi connectivity index (χ2v) is 6.99. The van der Waals surface area contributed by atoms with Crippen molar-refractivity contribution in [3.63, 3.8) is 0 Å². The molecule has 4 aromatic rings. The smallest absolute Gasteiger partial charge is 0.266 e. The maximum absolute atomic E-state index is 12.9. The Morgan fingerprint density at radius 3 is 2.76 bits per heavy atom. The van der Waals surface area contributed by atoms with Gasteiger partial charge in [0.1, 0.15) is 17.4 Å². The number of amides is 1. The summed E-state index contributed by atoms with van der Waals surface area (Å²) in [5, 5.41) is 7.64. The quantitative estimate of drug-likeness (QED) is 0.538. The summed E-state index contributed by atoms with van der Waals surface area (Å²) < 4.78 is 6.58. The molecule has 1 N–H and O–H groups in total.